The van der Waals surface area contributed by atoms with Crippen LogP contribution in [0.15, 0.2) is 47.5 Å². The Kier molecular flexibility index (Phi) is 4.38. The summed E-state index contributed by atoms with van der Waals surface area (Å²) >= 11 is 0. The van der Waals surface area contributed by atoms with Gasteiger partial charge in [-0.1, -0.05) is 19.1 Å². The summed E-state index contributed by atoms with van der Waals surface area (Å²) in [6.07, 6.45) is 1.88. The first-order valence-electron chi connectivity index (χ1n) is 8.85. The number of aromatic nitrogens is 5. The van der Waals surface area contributed by atoms with E-state index in [-0.39, 0.29) is 10.6 Å². The standard InChI is InChI=1S/C19H20N6O2S/c1-4-28(26,27)15-7-5-6-14(9-15)16-10-18-20-13(3)11-25(18)19(21-16)22-17-8-12(2)23-24-17/h5-11H,4H2,1-3H3,(H2,21,22,23,24). The minimum Gasteiger partial charge on any atom is -0.308 e. The maximum atomic E-state index is 12.2. The first-order valence-corrected chi connectivity index (χ1v) is 10.5. The Bertz CT molecular complexity index is 1270. The topological polar surface area (TPSA) is 105 Å². The molecule has 0 aliphatic heterocycles. The number of hydrogen-bond acceptors (Lipinski definition) is 6. The third-order valence-corrected chi connectivity index (χ3v) is 6.12. The van der Waals surface area contributed by atoms with Gasteiger partial charge in [-0.25, -0.2) is 18.4 Å². The minimum atomic E-state index is -3.30. The highest BCUT2D eigenvalue weighted by atomic mass is 32.2. The van der Waals surface area contributed by atoms with Crippen LogP contribution in [0, 0.1) is 13.8 Å². The summed E-state index contributed by atoms with van der Waals surface area (Å²) in [7, 11) is -3.30. The van der Waals surface area contributed by atoms with Gasteiger partial charge in [0.15, 0.2) is 15.7 Å². The molecule has 4 aromatic rings. The maximum Gasteiger partial charge on any atom is 0.215 e. The average Bonchev–Trinajstić information content (AvgIpc) is 3.26. The molecule has 0 saturated carbocycles. The maximum absolute atomic E-state index is 12.2. The van der Waals surface area contributed by atoms with Crippen molar-refractivity contribution in [1.29, 1.82) is 0 Å². The number of nitrogens with one attached hydrogen (secondary N) is 2. The summed E-state index contributed by atoms with van der Waals surface area (Å²) < 4.78 is 26.3. The summed E-state index contributed by atoms with van der Waals surface area (Å²) in [6.45, 7) is 5.45. The number of aromatic amines is 1. The largest absolute Gasteiger partial charge is 0.308 e. The molecule has 144 valence electrons. The van der Waals surface area contributed by atoms with Crippen LogP contribution in [-0.4, -0.2) is 38.7 Å². The number of fused-ring (bicyclic) bond motifs is 1. The molecular formula is C19H20N6O2S. The summed E-state index contributed by atoms with van der Waals surface area (Å²) in [5.74, 6) is 1.23. The Morgan fingerprint density at radius 3 is 2.68 bits per heavy atom. The number of aryl methyl sites for hydroxylation is 2. The summed E-state index contributed by atoms with van der Waals surface area (Å²) in [5.41, 5.74) is 3.82. The molecule has 0 saturated heterocycles. The van der Waals surface area contributed by atoms with Crippen LogP contribution in [0.5, 0.6) is 0 Å². The number of H-pyrrole nitrogens is 1. The smallest absolute Gasteiger partial charge is 0.215 e. The number of hydrogen-bond donors (Lipinski definition) is 2. The van der Waals surface area contributed by atoms with E-state index < -0.39 is 9.84 Å². The molecule has 2 N–H and O–H groups in total. The highest BCUT2D eigenvalue weighted by molar-refractivity contribution is 7.91. The number of rotatable bonds is 5. The lowest BCUT2D eigenvalue weighted by Crippen LogP contribution is -2.05. The molecule has 0 radical (unpaired) electrons. The predicted molar refractivity (Wildman–Crippen MR) is 107 cm³/mol. The number of nitrogens with zero attached hydrogens (tertiary/aromatic N) is 4. The Morgan fingerprint density at radius 1 is 1.14 bits per heavy atom. The Morgan fingerprint density at radius 2 is 1.96 bits per heavy atom. The second kappa shape index (κ2) is 6.75. The number of anilines is 2. The fraction of sp³-hybridized carbons (Fsp3) is 0.211. The first kappa shape index (κ1) is 18.2. The fourth-order valence-electron chi connectivity index (χ4n) is 2.96. The third-order valence-electron chi connectivity index (χ3n) is 4.39. The highest BCUT2D eigenvalue weighted by Crippen LogP contribution is 2.26. The van der Waals surface area contributed by atoms with Crippen molar-refractivity contribution < 1.29 is 8.42 Å². The number of sulfone groups is 1. The molecular weight excluding hydrogens is 376 g/mol. The highest BCUT2D eigenvalue weighted by Gasteiger charge is 2.15. The van der Waals surface area contributed by atoms with Crippen LogP contribution in [0.2, 0.25) is 0 Å². The molecule has 28 heavy (non-hydrogen) atoms. The van der Waals surface area contributed by atoms with Crippen LogP contribution >= 0.6 is 0 Å². The lowest BCUT2D eigenvalue weighted by Gasteiger charge is -2.10. The molecule has 0 aliphatic carbocycles. The van der Waals surface area contributed by atoms with Crippen molar-refractivity contribution in [2.75, 3.05) is 11.1 Å². The molecule has 9 heteroatoms. The molecule has 8 nitrogen and oxygen atoms in total. The van der Waals surface area contributed by atoms with Gasteiger partial charge >= 0.3 is 0 Å². The minimum absolute atomic E-state index is 0.0493. The SMILES string of the molecule is CCS(=O)(=O)c1cccc(-c2cc3nc(C)cn3c(Nc3cc(C)[nH]n3)n2)c1. The van der Waals surface area contributed by atoms with Crippen LogP contribution in [0.4, 0.5) is 11.8 Å². The lowest BCUT2D eigenvalue weighted by molar-refractivity contribution is 0.597. The van der Waals surface area contributed by atoms with E-state index in [4.69, 9.17) is 4.98 Å². The summed E-state index contributed by atoms with van der Waals surface area (Å²) in [4.78, 5) is 9.52. The van der Waals surface area contributed by atoms with Crippen LogP contribution in [0.3, 0.4) is 0 Å². The van der Waals surface area contributed by atoms with Crippen molar-refractivity contribution in [3.05, 3.63) is 54.0 Å². The van der Waals surface area contributed by atoms with E-state index >= 15 is 0 Å². The quantitative estimate of drug-likeness (QED) is 0.536. The molecule has 0 spiro atoms. The van der Waals surface area contributed by atoms with Gasteiger partial charge in [0.25, 0.3) is 0 Å². The average molecular weight is 396 g/mol. The van der Waals surface area contributed by atoms with E-state index in [0.29, 0.717) is 28.7 Å². The molecule has 0 aliphatic rings. The monoisotopic (exact) mass is 396 g/mol. The van der Waals surface area contributed by atoms with Gasteiger partial charge in [0.05, 0.1) is 22.0 Å². The van der Waals surface area contributed by atoms with Crippen molar-refractivity contribution >= 4 is 27.3 Å². The van der Waals surface area contributed by atoms with E-state index in [1.165, 1.54) is 0 Å². The molecule has 0 fully saturated rings. The summed E-state index contributed by atoms with van der Waals surface area (Å²) in [5, 5.41) is 10.3. The predicted octanol–water partition coefficient (Wildman–Crippen LogP) is 3.27. The van der Waals surface area contributed by atoms with Crippen LogP contribution in [-0.2, 0) is 9.84 Å². The fourth-order valence-corrected chi connectivity index (χ4v) is 3.88. The normalized spacial score (nSPS) is 11.8. The number of benzene rings is 1. The molecule has 3 heterocycles. The Hall–Kier alpha value is -3.20. The van der Waals surface area contributed by atoms with Gasteiger partial charge in [0.1, 0.15) is 5.65 Å². The molecule has 1 aromatic carbocycles. The Balaban J connectivity index is 1.85. The second-order valence-corrected chi connectivity index (χ2v) is 8.85. The van der Waals surface area contributed by atoms with Gasteiger partial charge in [-0.15, -0.1) is 0 Å². The number of imidazole rings is 1. The Labute approximate surface area is 162 Å². The zero-order valence-electron chi connectivity index (χ0n) is 15.8. The van der Waals surface area contributed by atoms with Crippen LogP contribution < -0.4 is 5.32 Å². The zero-order chi connectivity index (χ0) is 19.9. The van der Waals surface area contributed by atoms with E-state index in [1.807, 2.05) is 42.6 Å². The first-order chi connectivity index (χ1) is 13.4. The van der Waals surface area contributed by atoms with Crippen molar-refractivity contribution in [2.45, 2.75) is 25.7 Å². The zero-order valence-corrected chi connectivity index (χ0v) is 16.6. The molecule has 0 atom stereocenters. The third kappa shape index (κ3) is 3.36. The van der Waals surface area contributed by atoms with Crippen molar-refractivity contribution in [1.82, 2.24) is 24.6 Å². The van der Waals surface area contributed by atoms with Crippen molar-refractivity contribution in [3.63, 3.8) is 0 Å². The van der Waals surface area contributed by atoms with Crippen molar-refractivity contribution in [3.8, 4) is 11.3 Å². The lowest BCUT2D eigenvalue weighted by atomic mass is 10.1. The van der Waals surface area contributed by atoms with Gasteiger partial charge in [-0.2, -0.15) is 5.10 Å². The van der Waals surface area contributed by atoms with Gasteiger partial charge < -0.3 is 5.32 Å². The van der Waals surface area contributed by atoms with E-state index in [2.05, 4.69) is 20.5 Å². The van der Waals surface area contributed by atoms with Gasteiger partial charge in [0, 0.05) is 29.6 Å². The van der Waals surface area contributed by atoms with Crippen LogP contribution in [0.25, 0.3) is 16.9 Å². The van der Waals surface area contributed by atoms with Crippen molar-refractivity contribution in [2.24, 2.45) is 0 Å². The summed E-state index contributed by atoms with van der Waals surface area (Å²) in [6, 6.07) is 10.5. The van der Waals surface area contributed by atoms with Crippen LogP contribution in [0.1, 0.15) is 18.3 Å². The van der Waals surface area contributed by atoms with E-state index in [9.17, 15) is 8.42 Å². The molecule has 0 unspecified atom stereocenters. The van der Waals surface area contributed by atoms with E-state index in [1.54, 1.807) is 25.1 Å². The van der Waals surface area contributed by atoms with Gasteiger partial charge in [0.2, 0.25) is 5.95 Å². The van der Waals surface area contributed by atoms with Gasteiger partial charge in [-0.05, 0) is 26.0 Å². The molecule has 0 amide bonds. The molecule has 3 aromatic heterocycles. The van der Waals surface area contributed by atoms with E-state index in [0.717, 1.165) is 11.4 Å². The van der Waals surface area contributed by atoms with Gasteiger partial charge in [-0.3, -0.25) is 9.50 Å². The molecule has 0 bridgehead atoms. The molecule has 4 rings (SSSR count). The second-order valence-electron chi connectivity index (χ2n) is 6.57.